The number of hydrogen-bond donors (Lipinski definition) is 2. The molecule has 0 atom stereocenters. The van der Waals surface area contributed by atoms with E-state index in [1.54, 1.807) is 13.8 Å². The van der Waals surface area contributed by atoms with E-state index in [1.165, 1.54) is 12.1 Å². The van der Waals surface area contributed by atoms with Gasteiger partial charge in [0.25, 0.3) is 0 Å². The van der Waals surface area contributed by atoms with Gasteiger partial charge in [-0.15, -0.1) is 0 Å². The maximum atomic E-state index is 11.7. The van der Waals surface area contributed by atoms with Gasteiger partial charge in [-0.25, -0.2) is 4.79 Å². The Hall–Kier alpha value is -1.85. The molecule has 0 spiro atoms. The number of aliphatic hydroxyl groups is 1. The molecule has 0 saturated heterocycles. The van der Waals surface area contributed by atoms with Crippen LogP contribution in [0.5, 0.6) is 5.75 Å². The molecular formula is C17H23NO4. The minimum absolute atomic E-state index is 0.139. The average Bonchev–Trinajstić information content (AvgIpc) is 2.35. The molecule has 22 heavy (non-hydrogen) atoms. The second-order valence-corrected chi connectivity index (χ2v) is 6.41. The molecule has 1 aromatic carbocycles. The average molecular weight is 305 g/mol. The summed E-state index contributed by atoms with van der Waals surface area (Å²) in [7, 11) is 1.89. The van der Waals surface area contributed by atoms with Crippen molar-refractivity contribution in [2.75, 3.05) is 13.6 Å². The van der Waals surface area contributed by atoms with E-state index in [9.17, 15) is 15.0 Å². The molecule has 0 aliphatic carbocycles. The van der Waals surface area contributed by atoms with Crippen LogP contribution in [-0.2, 0) is 13.0 Å². The van der Waals surface area contributed by atoms with Gasteiger partial charge in [-0.2, -0.15) is 0 Å². The first-order chi connectivity index (χ1) is 10.2. The van der Waals surface area contributed by atoms with Crippen molar-refractivity contribution in [2.24, 2.45) is 0 Å². The number of likely N-dealkylation sites (N-methyl/N-ethyl adjacent to an activating group) is 1. The van der Waals surface area contributed by atoms with Gasteiger partial charge in [-0.05, 0) is 44.5 Å². The minimum atomic E-state index is -0.809. The Bertz CT molecular complexity index is 728. The van der Waals surface area contributed by atoms with E-state index in [1.807, 2.05) is 24.9 Å². The number of aromatic hydroxyl groups is 1. The Labute approximate surface area is 129 Å². The van der Waals surface area contributed by atoms with Gasteiger partial charge >= 0.3 is 5.63 Å². The van der Waals surface area contributed by atoms with Gasteiger partial charge in [0.15, 0.2) is 0 Å². The molecule has 0 radical (unpaired) electrons. The Kier molecular flexibility index (Phi) is 4.58. The van der Waals surface area contributed by atoms with Crippen LogP contribution >= 0.6 is 0 Å². The SMILES string of the molecule is CCc1cc2c(CN(C)CC(C)(C)O)cc(=O)oc2cc1O. The number of rotatable bonds is 5. The third-order valence-corrected chi connectivity index (χ3v) is 3.51. The van der Waals surface area contributed by atoms with Gasteiger partial charge in [0, 0.05) is 30.6 Å². The lowest BCUT2D eigenvalue weighted by molar-refractivity contribution is 0.0425. The predicted octanol–water partition coefficient (Wildman–Crippen LogP) is 2.26. The largest absolute Gasteiger partial charge is 0.508 e. The van der Waals surface area contributed by atoms with Crippen molar-refractivity contribution < 1.29 is 14.6 Å². The molecule has 2 aromatic rings. The zero-order valence-corrected chi connectivity index (χ0v) is 13.5. The van der Waals surface area contributed by atoms with Crippen LogP contribution in [0.25, 0.3) is 11.0 Å². The van der Waals surface area contributed by atoms with E-state index in [2.05, 4.69) is 0 Å². The van der Waals surface area contributed by atoms with Crippen LogP contribution in [0.1, 0.15) is 31.9 Å². The highest BCUT2D eigenvalue weighted by atomic mass is 16.4. The highest BCUT2D eigenvalue weighted by Crippen LogP contribution is 2.27. The van der Waals surface area contributed by atoms with Gasteiger partial charge in [-0.3, -0.25) is 4.90 Å². The monoisotopic (exact) mass is 305 g/mol. The maximum Gasteiger partial charge on any atom is 0.336 e. The Morgan fingerprint density at radius 3 is 2.50 bits per heavy atom. The molecule has 1 heterocycles. The standard InChI is InChI=1S/C17H23NO4/c1-5-11-6-13-12(9-18(4)10-17(2,3)21)7-16(20)22-15(13)8-14(11)19/h6-8,19,21H,5,9-10H2,1-4H3. The summed E-state index contributed by atoms with van der Waals surface area (Å²) >= 11 is 0. The third kappa shape index (κ3) is 3.87. The normalized spacial score (nSPS) is 12.3. The van der Waals surface area contributed by atoms with Gasteiger partial charge in [0.05, 0.1) is 5.60 Å². The number of benzene rings is 1. The number of phenolic OH excluding ortho intramolecular Hbond substituents is 1. The summed E-state index contributed by atoms with van der Waals surface area (Å²) in [5.41, 5.74) is 0.772. The van der Waals surface area contributed by atoms with Crippen molar-refractivity contribution in [3.8, 4) is 5.75 Å². The van der Waals surface area contributed by atoms with Crippen LogP contribution in [0, 0.1) is 0 Å². The van der Waals surface area contributed by atoms with E-state index in [4.69, 9.17) is 4.42 Å². The van der Waals surface area contributed by atoms with Crippen LogP contribution in [0.15, 0.2) is 27.4 Å². The number of nitrogens with zero attached hydrogens (tertiary/aromatic N) is 1. The van der Waals surface area contributed by atoms with Crippen molar-refractivity contribution in [3.05, 3.63) is 39.7 Å². The summed E-state index contributed by atoms with van der Waals surface area (Å²) < 4.78 is 5.18. The van der Waals surface area contributed by atoms with Crippen LogP contribution in [0.4, 0.5) is 0 Å². The molecular weight excluding hydrogens is 282 g/mol. The summed E-state index contributed by atoms with van der Waals surface area (Å²) in [6, 6.07) is 4.83. The zero-order valence-electron chi connectivity index (χ0n) is 13.5. The first-order valence-corrected chi connectivity index (χ1v) is 7.39. The lowest BCUT2D eigenvalue weighted by atomic mass is 10.0. The molecule has 5 heteroatoms. The summed E-state index contributed by atoms with van der Waals surface area (Å²) in [4.78, 5) is 13.7. The first kappa shape index (κ1) is 16.5. The Morgan fingerprint density at radius 2 is 1.91 bits per heavy atom. The van der Waals surface area contributed by atoms with E-state index in [-0.39, 0.29) is 5.75 Å². The lowest BCUT2D eigenvalue weighted by Crippen LogP contribution is -2.36. The summed E-state index contributed by atoms with van der Waals surface area (Å²) in [6.07, 6.45) is 0.694. The molecule has 120 valence electrons. The van der Waals surface area contributed by atoms with Gasteiger partial charge < -0.3 is 14.6 Å². The number of fused-ring (bicyclic) bond motifs is 1. The maximum absolute atomic E-state index is 11.7. The Balaban J connectivity index is 2.46. The minimum Gasteiger partial charge on any atom is -0.508 e. The van der Waals surface area contributed by atoms with Gasteiger partial charge in [0.1, 0.15) is 11.3 Å². The molecule has 0 fully saturated rings. The highest BCUT2D eigenvalue weighted by molar-refractivity contribution is 5.82. The van der Waals surface area contributed by atoms with Crippen molar-refractivity contribution in [1.82, 2.24) is 4.90 Å². The summed E-state index contributed by atoms with van der Waals surface area (Å²) in [5.74, 6) is 0.139. The molecule has 2 rings (SSSR count). The quantitative estimate of drug-likeness (QED) is 0.829. The molecule has 0 bridgehead atoms. The molecule has 0 saturated carbocycles. The fourth-order valence-corrected chi connectivity index (χ4v) is 2.73. The van der Waals surface area contributed by atoms with Crippen molar-refractivity contribution in [3.63, 3.8) is 0 Å². The van der Waals surface area contributed by atoms with Crippen molar-refractivity contribution in [2.45, 2.75) is 39.3 Å². The van der Waals surface area contributed by atoms with E-state index >= 15 is 0 Å². The van der Waals surface area contributed by atoms with Crippen LogP contribution in [-0.4, -0.2) is 34.3 Å². The van der Waals surface area contributed by atoms with Gasteiger partial charge in [0.2, 0.25) is 0 Å². The first-order valence-electron chi connectivity index (χ1n) is 7.39. The zero-order chi connectivity index (χ0) is 16.5. The van der Waals surface area contributed by atoms with Crippen LogP contribution in [0.2, 0.25) is 0 Å². The van der Waals surface area contributed by atoms with Crippen molar-refractivity contribution in [1.29, 1.82) is 0 Å². The topological polar surface area (TPSA) is 73.9 Å². The highest BCUT2D eigenvalue weighted by Gasteiger charge is 2.17. The third-order valence-electron chi connectivity index (χ3n) is 3.51. The van der Waals surface area contributed by atoms with Crippen molar-refractivity contribution >= 4 is 11.0 Å². The lowest BCUT2D eigenvalue weighted by Gasteiger charge is -2.25. The van der Waals surface area contributed by atoms with E-state index in [0.717, 1.165) is 16.5 Å². The second-order valence-electron chi connectivity index (χ2n) is 6.41. The number of hydrogen-bond acceptors (Lipinski definition) is 5. The predicted molar refractivity (Wildman–Crippen MR) is 86.2 cm³/mol. The number of phenols is 1. The second kappa shape index (κ2) is 6.10. The van der Waals surface area contributed by atoms with Gasteiger partial charge in [-0.1, -0.05) is 6.92 Å². The smallest absolute Gasteiger partial charge is 0.336 e. The molecule has 5 nitrogen and oxygen atoms in total. The van der Waals surface area contributed by atoms with Crippen LogP contribution in [0.3, 0.4) is 0 Å². The molecule has 0 aliphatic rings. The Morgan fingerprint density at radius 1 is 1.23 bits per heavy atom. The number of aryl methyl sites for hydroxylation is 1. The molecule has 0 unspecified atom stereocenters. The van der Waals surface area contributed by atoms with Crippen LogP contribution < -0.4 is 5.63 Å². The molecule has 1 aromatic heterocycles. The fraction of sp³-hybridized carbons (Fsp3) is 0.471. The molecule has 2 N–H and O–H groups in total. The van der Waals surface area contributed by atoms with E-state index < -0.39 is 11.2 Å². The van der Waals surface area contributed by atoms with E-state index in [0.29, 0.717) is 25.1 Å². The fourth-order valence-electron chi connectivity index (χ4n) is 2.73. The summed E-state index contributed by atoms with van der Waals surface area (Å²) in [5, 5.41) is 20.6. The summed E-state index contributed by atoms with van der Waals surface area (Å²) in [6.45, 7) is 6.44. The molecule has 0 amide bonds. The molecule has 0 aliphatic heterocycles.